The third-order valence-corrected chi connectivity index (χ3v) is 3.33. The van der Waals surface area contributed by atoms with Crippen molar-refractivity contribution >= 4 is 5.97 Å². The monoisotopic (exact) mass is 288 g/mol. The van der Waals surface area contributed by atoms with Gasteiger partial charge in [0.25, 0.3) is 0 Å². The summed E-state index contributed by atoms with van der Waals surface area (Å²) in [6.45, 7) is 1.52. The Balaban J connectivity index is 1.85. The van der Waals surface area contributed by atoms with Crippen molar-refractivity contribution in [2.24, 2.45) is 7.05 Å². The summed E-state index contributed by atoms with van der Waals surface area (Å²) in [5, 5.41) is 11.3. The fourth-order valence-corrected chi connectivity index (χ4v) is 2.09. The first-order valence-electron chi connectivity index (χ1n) is 6.88. The lowest BCUT2D eigenvalue weighted by Gasteiger charge is -2.09. The lowest BCUT2D eigenvalue weighted by Crippen LogP contribution is -2.19. The molecule has 1 heterocycles. The summed E-state index contributed by atoms with van der Waals surface area (Å²) in [4.78, 5) is 11.4. The maximum absolute atomic E-state index is 11.4. The van der Waals surface area contributed by atoms with Crippen LogP contribution in [0.3, 0.4) is 0 Å². The average Bonchev–Trinajstić information content (AvgIpc) is 2.90. The molecule has 0 bridgehead atoms. The molecule has 1 N–H and O–H groups in total. The summed E-state index contributed by atoms with van der Waals surface area (Å²) in [7, 11) is 3.34. The molecule has 0 aliphatic carbocycles. The van der Waals surface area contributed by atoms with Crippen molar-refractivity contribution in [3.05, 3.63) is 47.5 Å². The fraction of sp³-hybridized carbons (Fsp3) is 0.400. The molecule has 0 atom stereocenters. The van der Waals surface area contributed by atoms with Crippen LogP contribution >= 0.6 is 0 Å². The third kappa shape index (κ3) is 4.39. The zero-order chi connectivity index (χ0) is 15.1. The molecule has 2 aromatic rings. The number of esters is 1. The van der Waals surface area contributed by atoms with Crippen LogP contribution in [0.5, 0.6) is 0 Å². The van der Waals surface area contributed by atoms with E-state index in [-0.39, 0.29) is 5.97 Å². The number of ether oxygens (including phenoxy) is 1. The molecule has 6 nitrogen and oxygen atoms in total. The van der Waals surface area contributed by atoms with Crippen LogP contribution in [0.15, 0.2) is 30.6 Å². The second kappa shape index (κ2) is 7.54. The van der Waals surface area contributed by atoms with Gasteiger partial charge in [-0.1, -0.05) is 24.3 Å². The molecule has 0 aliphatic heterocycles. The van der Waals surface area contributed by atoms with Crippen molar-refractivity contribution in [1.29, 1.82) is 0 Å². The maximum Gasteiger partial charge on any atom is 0.309 e. The molecular formula is C15H20N4O2. The van der Waals surface area contributed by atoms with E-state index in [1.54, 1.807) is 6.33 Å². The number of aryl methyl sites for hydroxylation is 1. The zero-order valence-corrected chi connectivity index (χ0v) is 12.4. The Morgan fingerprint density at radius 1 is 1.33 bits per heavy atom. The van der Waals surface area contributed by atoms with Crippen LogP contribution in [0.2, 0.25) is 0 Å². The largest absolute Gasteiger partial charge is 0.469 e. The molecule has 2 rings (SSSR count). The highest BCUT2D eigenvalue weighted by molar-refractivity contribution is 5.72. The van der Waals surface area contributed by atoms with Crippen LogP contribution in [0.4, 0.5) is 0 Å². The van der Waals surface area contributed by atoms with Gasteiger partial charge in [0.05, 0.1) is 13.5 Å². The predicted octanol–water partition coefficient (Wildman–Crippen LogP) is 0.863. The highest BCUT2D eigenvalue weighted by Gasteiger charge is 2.07. The second-order valence-electron chi connectivity index (χ2n) is 4.81. The summed E-state index contributed by atoms with van der Waals surface area (Å²) < 4.78 is 6.63. The van der Waals surface area contributed by atoms with Crippen LogP contribution in [0, 0.1) is 0 Å². The second-order valence-corrected chi connectivity index (χ2v) is 4.81. The van der Waals surface area contributed by atoms with Gasteiger partial charge in [-0.25, -0.2) is 0 Å². The summed E-state index contributed by atoms with van der Waals surface area (Å²) in [5.74, 6) is 0.729. The Hall–Kier alpha value is -2.21. The predicted molar refractivity (Wildman–Crippen MR) is 78.6 cm³/mol. The molecule has 0 spiro atoms. The van der Waals surface area contributed by atoms with Gasteiger partial charge >= 0.3 is 5.97 Å². The van der Waals surface area contributed by atoms with Crippen molar-refractivity contribution in [3.63, 3.8) is 0 Å². The van der Waals surface area contributed by atoms with Gasteiger partial charge in [0.1, 0.15) is 12.2 Å². The SMILES string of the molecule is COC(=O)Cc1ccccc1CNCCc1nncn1C. The van der Waals surface area contributed by atoms with E-state index in [2.05, 4.69) is 15.5 Å². The first-order chi connectivity index (χ1) is 10.2. The molecule has 0 amide bonds. The van der Waals surface area contributed by atoms with Crippen LogP contribution in [0.1, 0.15) is 17.0 Å². The number of methoxy groups -OCH3 is 1. The molecule has 1 aromatic heterocycles. The van der Waals surface area contributed by atoms with Crippen LogP contribution in [0.25, 0.3) is 0 Å². The van der Waals surface area contributed by atoms with Gasteiger partial charge < -0.3 is 14.6 Å². The number of hydrogen-bond donors (Lipinski definition) is 1. The maximum atomic E-state index is 11.4. The lowest BCUT2D eigenvalue weighted by atomic mass is 10.0. The Kier molecular flexibility index (Phi) is 5.45. The van der Waals surface area contributed by atoms with Gasteiger partial charge in [-0.2, -0.15) is 0 Å². The zero-order valence-electron chi connectivity index (χ0n) is 12.4. The Morgan fingerprint density at radius 3 is 2.76 bits per heavy atom. The van der Waals surface area contributed by atoms with Crippen molar-refractivity contribution in [2.45, 2.75) is 19.4 Å². The van der Waals surface area contributed by atoms with Gasteiger partial charge in [0, 0.05) is 26.6 Å². The van der Waals surface area contributed by atoms with Gasteiger partial charge in [0.15, 0.2) is 0 Å². The first kappa shape index (κ1) is 15.2. The first-order valence-corrected chi connectivity index (χ1v) is 6.88. The third-order valence-electron chi connectivity index (χ3n) is 3.33. The number of carbonyl (C=O) groups excluding carboxylic acids is 1. The Morgan fingerprint density at radius 2 is 2.10 bits per heavy atom. The number of aromatic nitrogens is 3. The van der Waals surface area contributed by atoms with E-state index in [0.29, 0.717) is 13.0 Å². The van der Waals surface area contributed by atoms with Crippen LogP contribution in [-0.4, -0.2) is 34.4 Å². The van der Waals surface area contributed by atoms with E-state index in [1.165, 1.54) is 7.11 Å². The normalized spacial score (nSPS) is 10.6. The van der Waals surface area contributed by atoms with Gasteiger partial charge in [0.2, 0.25) is 0 Å². The minimum absolute atomic E-state index is 0.221. The molecule has 1 aromatic carbocycles. The Labute approximate surface area is 124 Å². The van der Waals surface area contributed by atoms with Crippen molar-refractivity contribution in [2.75, 3.05) is 13.7 Å². The molecule has 0 radical (unpaired) electrons. The van der Waals surface area contributed by atoms with Gasteiger partial charge in [-0.15, -0.1) is 10.2 Å². The average molecular weight is 288 g/mol. The number of benzene rings is 1. The standard InChI is InChI=1S/C15H20N4O2/c1-19-11-17-18-14(19)7-8-16-10-13-6-4-3-5-12(13)9-15(20)21-2/h3-6,11,16H,7-10H2,1-2H3. The van der Waals surface area contributed by atoms with Crippen molar-refractivity contribution < 1.29 is 9.53 Å². The smallest absolute Gasteiger partial charge is 0.309 e. The molecule has 21 heavy (non-hydrogen) atoms. The number of nitrogens with zero attached hydrogens (tertiary/aromatic N) is 3. The van der Waals surface area contributed by atoms with Crippen LogP contribution in [-0.2, 0) is 36.0 Å². The number of nitrogens with one attached hydrogen (secondary N) is 1. The van der Waals surface area contributed by atoms with E-state index in [9.17, 15) is 4.79 Å². The summed E-state index contributed by atoms with van der Waals surface area (Å²) in [6, 6.07) is 7.88. The summed E-state index contributed by atoms with van der Waals surface area (Å²) in [6.07, 6.45) is 2.81. The molecule has 0 fully saturated rings. The highest BCUT2D eigenvalue weighted by atomic mass is 16.5. The summed E-state index contributed by atoms with van der Waals surface area (Å²) >= 11 is 0. The fourth-order valence-electron chi connectivity index (χ4n) is 2.09. The molecule has 0 unspecified atom stereocenters. The topological polar surface area (TPSA) is 69.0 Å². The lowest BCUT2D eigenvalue weighted by molar-refractivity contribution is -0.139. The Bertz CT molecular complexity index is 595. The number of hydrogen-bond acceptors (Lipinski definition) is 5. The summed E-state index contributed by atoms with van der Waals surface area (Å²) in [5.41, 5.74) is 2.11. The number of rotatable bonds is 7. The van der Waals surface area contributed by atoms with E-state index < -0.39 is 0 Å². The van der Waals surface area contributed by atoms with E-state index >= 15 is 0 Å². The molecule has 0 saturated heterocycles. The minimum atomic E-state index is -0.221. The highest BCUT2D eigenvalue weighted by Crippen LogP contribution is 2.10. The van der Waals surface area contributed by atoms with Gasteiger partial charge in [-0.3, -0.25) is 4.79 Å². The molecule has 0 aliphatic rings. The molecular weight excluding hydrogens is 268 g/mol. The number of carbonyl (C=O) groups is 1. The van der Waals surface area contributed by atoms with E-state index in [1.807, 2.05) is 35.9 Å². The molecule has 6 heteroatoms. The van der Waals surface area contributed by atoms with Crippen molar-refractivity contribution in [3.8, 4) is 0 Å². The van der Waals surface area contributed by atoms with Crippen molar-refractivity contribution in [1.82, 2.24) is 20.1 Å². The van der Waals surface area contributed by atoms with E-state index in [4.69, 9.17) is 4.74 Å². The molecule has 0 saturated carbocycles. The quantitative estimate of drug-likeness (QED) is 0.604. The van der Waals surface area contributed by atoms with Crippen LogP contribution < -0.4 is 5.32 Å². The van der Waals surface area contributed by atoms with E-state index in [0.717, 1.165) is 29.9 Å². The minimum Gasteiger partial charge on any atom is -0.469 e. The molecule has 112 valence electrons. The van der Waals surface area contributed by atoms with Gasteiger partial charge in [-0.05, 0) is 11.1 Å².